The maximum absolute atomic E-state index is 12.0. The molecule has 0 aliphatic heterocycles. The third-order valence-corrected chi connectivity index (χ3v) is 3.42. The number of benzene rings is 1. The highest BCUT2D eigenvalue weighted by Crippen LogP contribution is 2.21. The van der Waals surface area contributed by atoms with Crippen LogP contribution in [0.5, 0.6) is 0 Å². The number of amides is 1. The zero-order valence-electron chi connectivity index (χ0n) is 10.1. The number of nitrogens with one attached hydrogen (secondary N) is 2. The van der Waals surface area contributed by atoms with Crippen LogP contribution in [0.3, 0.4) is 0 Å². The van der Waals surface area contributed by atoms with Gasteiger partial charge < -0.3 is 11.1 Å². The first kappa shape index (κ1) is 13.7. The van der Waals surface area contributed by atoms with Gasteiger partial charge in [-0.2, -0.15) is 4.98 Å². The van der Waals surface area contributed by atoms with Gasteiger partial charge in [0, 0.05) is 10.7 Å². The van der Waals surface area contributed by atoms with Crippen LogP contribution in [0, 0.1) is 0 Å². The van der Waals surface area contributed by atoms with Gasteiger partial charge in [0.1, 0.15) is 0 Å². The van der Waals surface area contributed by atoms with E-state index in [9.17, 15) is 4.79 Å². The van der Waals surface area contributed by atoms with Gasteiger partial charge in [-0.3, -0.25) is 4.79 Å². The van der Waals surface area contributed by atoms with Gasteiger partial charge in [0.2, 0.25) is 17.0 Å². The van der Waals surface area contributed by atoms with Gasteiger partial charge in [0.15, 0.2) is 0 Å². The average molecular weight is 298 g/mol. The Kier molecular flexibility index (Phi) is 4.28. The van der Waals surface area contributed by atoms with E-state index >= 15 is 0 Å². The number of hydrogen-bond acceptors (Lipinski definition) is 5. The number of aromatic amines is 1. The monoisotopic (exact) mass is 297 g/mol. The van der Waals surface area contributed by atoms with Gasteiger partial charge in [-0.15, -0.1) is 5.10 Å². The van der Waals surface area contributed by atoms with E-state index in [0.29, 0.717) is 15.9 Å². The highest BCUT2D eigenvalue weighted by atomic mass is 35.5. The summed E-state index contributed by atoms with van der Waals surface area (Å²) in [7, 11) is 0. The maximum Gasteiger partial charge on any atom is 0.237 e. The molecule has 0 spiro atoms. The molecule has 0 aliphatic rings. The third-order valence-electron chi connectivity index (χ3n) is 2.23. The second kappa shape index (κ2) is 5.94. The van der Waals surface area contributed by atoms with Gasteiger partial charge in [-0.1, -0.05) is 29.4 Å². The van der Waals surface area contributed by atoms with Crippen molar-refractivity contribution in [3.05, 3.63) is 29.3 Å². The summed E-state index contributed by atoms with van der Waals surface area (Å²) in [6.45, 7) is 1.76. The number of carbonyl (C=O) groups is 1. The molecule has 19 heavy (non-hydrogen) atoms. The number of nitrogen functional groups attached to an aromatic ring is 1. The van der Waals surface area contributed by atoms with E-state index in [1.807, 2.05) is 0 Å². The number of anilines is 2. The minimum atomic E-state index is -0.353. The van der Waals surface area contributed by atoms with Crippen LogP contribution < -0.4 is 11.1 Å². The second-order valence-corrected chi connectivity index (χ2v) is 5.51. The molecule has 0 radical (unpaired) electrons. The molecule has 1 aromatic heterocycles. The first-order valence-electron chi connectivity index (χ1n) is 5.45. The number of carbonyl (C=O) groups excluding carboxylic acids is 1. The number of thioether (sulfide) groups is 1. The molecule has 2 aromatic rings. The fourth-order valence-electron chi connectivity index (χ4n) is 1.33. The normalized spacial score (nSPS) is 12.1. The van der Waals surface area contributed by atoms with Gasteiger partial charge in [-0.25, -0.2) is 5.10 Å². The summed E-state index contributed by atoms with van der Waals surface area (Å²) in [5, 5.41) is 9.80. The first-order valence-corrected chi connectivity index (χ1v) is 6.71. The molecule has 0 saturated carbocycles. The van der Waals surface area contributed by atoms with Crippen LogP contribution in [0.15, 0.2) is 29.4 Å². The number of aromatic nitrogens is 3. The number of halogens is 1. The molecule has 1 atom stereocenters. The van der Waals surface area contributed by atoms with Crippen molar-refractivity contribution in [1.82, 2.24) is 15.2 Å². The van der Waals surface area contributed by atoms with Crippen molar-refractivity contribution in [3.63, 3.8) is 0 Å². The van der Waals surface area contributed by atoms with Crippen molar-refractivity contribution in [2.45, 2.75) is 17.3 Å². The zero-order chi connectivity index (χ0) is 13.8. The molecule has 1 heterocycles. The van der Waals surface area contributed by atoms with E-state index in [0.717, 1.165) is 0 Å². The van der Waals surface area contributed by atoms with Crippen LogP contribution in [0.25, 0.3) is 0 Å². The Hall–Kier alpha value is -1.73. The molecule has 6 nitrogen and oxygen atoms in total. The molecule has 4 N–H and O–H groups in total. The molecule has 1 aromatic carbocycles. The van der Waals surface area contributed by atoms with Gasteiger partial charge in [-0.05, 0) is 25.1 Å². The highest BCUT2D eigenvalue weighted by molar-refractivity contribution is 8.00. The summed E-state index contributed by atoms with van der Waals surface area (Å²) in [4.78, 5) is 15.9. The Bertz CT molecular complexity index is 588. The lowest BCUT2D eigenvalue weighted by atomic mass is 10.3. The topological polar surface area (TPSA) is 96.7 Å². The van der Waals surface area contributed by atoms with Crippen molar-refractivity contribution >= 4 is 40.9 Å². The lowest BCUT2D eigenvalue weighted by Gasteiger charge is -2.10. The quantitative estimate of drug-likeness (QED) is 0.751. The summed E-state index contributed by atoms with van der Waals surface area (Å²) >= 11 is 7.06. The fourth-order valence-corrected chi connectivity index (χ4v) is 2.25. The lowest BCUT2D eigenvalue weighted by molar-refractivity contribution is -0.115. The molecule has 0 aliphatic carbocycles. The Balaban J connectivity index is 1.96. The largest absolute Gasteiger partial charge is 0.368 e. The zero-order valence-corrected chi connectivity index (χ0v) is 11.6. The van der Waals surface area contributed by atoms with Crippen molar-refractivity contribution in [1.29, 1.82) is 0 Å². The van der Waals surface area contributed by atoms with Crippen LogP contribution in [0.1, 0.15) is 6.92 Å². The van der Waals surface area contributed by atoms with Crippen LogP contribution in [0.2, 0.25) is 5.02 Å². The Morgan fingerprint density at radius 3 is 3.00 bits per heavy atom. The summed E-state index contributed by atoms with van der Waals surface area (Å²) < 4.78 is 0. The number of nitrogens with two attached hydrogens (primary N) is 1. The Morgan fingerprint density at radius 2 is 2.37 bits per heavy atom. The number of hydrogen-bond donors (Lipinski definition) is 3. The smallest absolute Gasteiger partial charge is 0.237 e. The molecular formula is C11H12ClN5OS. The van der Waals surface area contributed by atoms with E-state index < -0.39 is 0 Å². The van der Waals surface area contributed by atoms with Crippen molar-refractivity contribution in [3.8, 4) is 0 Å². The lowest BCUT2D eigenvalue weighted by Crippen LogP contribution is -2.22. The van der Waals surface area contributed by atoms with Crippen LogP contribution in [-0.4, -0.2) is 26.3 Å². The predicted octanol–water partition coefficient (Wildman–Crippen LogP) is 2.16. The number of H-pyrrole nitrogens is 1. The number of nitrogens with zero attached hydrogens (tertiary/aromatic N) is 2. The molecule has 0 bridgehead atoms. The van der Waals surface area contributed by atoms with E-state index in [-0.39, 0.29) is 17.1 Å². The summed E-state index contributed by atoms with van der Waals surface area (Å²) in [5.74, 6) is 0.0700. The molecule has 100 valence electrons. The SMILES string of the molecule is CC(Sc1n[nH]c(N)n1)C(=O)Nc1cccc(Cl)c1. The van der Waals surface area contributed by atoms with E-state index in [1.165, 1.54) is 11.8 Å². The molecule has 0 saturated heterocycles. The summed E-state index contributed by atoms with van der Waals surface area (Å²) in [6.07, 6.45) is 0. The average Bonchev–Trinajstić information content (AvgIpc) is 2.74. The summed E-state index contributed by atoms with van der Waals surface area (Å²) in [5.41, 5.74) is 6.07. The molecule has 2 rings (SSSR count). The minimum absolute atomic E-state index is 0.157. The van der Waals surface area contributed by atoms with Crippen LogP contribution in [-0.2, 0) is 4.79 Å². The molecule has 1 amide bonds. The van der Waals surface area contributed by atoms with Gasteiger partial charge >= 0.3 is 0 Å². The summed E-state index contributed by atoms with van der Waals surface area (Å²) in [6, 6.07) is 6.96. The molecule has 1 unspecified atom stereocenters. The van der Waals surface area contributed by atoms with E-state index in [4.69, 9.17) is 17.3 Å². The van der Waals surface area contributed by atoms with Gasteiger partial charge in [0.25, 0.3) is 0 Å². The van der Waals surface area contributed by atoms with Crippen LogP contribution in [0.4, 0.5) is 11.6 Å². The first-order chi connectivity index (χ1) is 9.04. The fraction of sp³-hybridized carbons (Fsp3) is 0.182. The third kappa shape index (κ3) is 3.87. The highest BCUT2D eigenvalue weighted by Gasteiger charge is 2.17. The standard InChI is InChI=1S/C11H12ClN5OS/c1-6(19-11-15-10(13)16-17-11)9(18)14-8-4-2-3-7(12)5-8/h2-6H,1H3,(H,14,18)(H3,13,15,16,17). The van der Waals surface area contributed by atoms with Crippen LogP contribution >= 0.6 is 23.4 Å². The second-order valence-electron chi connectivity index (χ2n) is 3.76. The van der Waals surface area contributed by atoms with Crippen molar-refractivity contribution in [2.24, 2.45) is 0 Å². The molecule has 8 heteroatoms. The predicted molar refractivity (Wildman–Crippen MR) is 76.2 cm³/mol. The Morgan fingerprint density at radius 1 is 1.58 bits per heavy atom. The Labute approximate surface area is 119 Å². The van der Waals surface area contributed by atoms with E-state index in [1.54, 1.807) is 31.2 Å². The minimum Gasteiger partial charge on any atom is -0.368 e. The molecule has 0 fully saturated rings. The van der Waals surface area contributed by atoms with Crippen molar-refractivity contribution < 1.29 is 4.79 Å². The van der Waals surface area contributed by atoms with Gasteiger partial charge in [0.05, 0.1) is 5.25 Å². The van der Waals surface area contributed by atoms with E-state index in [2.05, 4.69) is 20.5 Å². The molecular weight excluding hydrogens is 286 g/mol. The number of rotatable bonds is 4. The maximum atomic E-state index is 12.0. The van der Waals surface area contributed by atoms with Crippen molar-refractivity contribution in [2.75, 3.05) is 11.1 Å².